The number of nitrogens with zero attached hydrogens (tertiary/aromatic N) is 4. The van der Waals surface area contributed by atoms with Gasteiger partial charge in [-0.2, -0.15) is 10.4 Å². The van der Waals surface area contributed by atoms with Crippen molar-refractivity contribution in [1.82, 2.24) is 19.7 Å². The summed E-state index contributed by atoms with van der Waals surface area (Å²) in [6, 6.07) is 13.2. The van der Waals surface area contributed by atoms with Crippen LogP contribution in [0.4, 0.5) is 11.5 Å². The van der Waals surface area contributed by atoms with Gasteiger partial charge in [0.1, 0.15) is 11.1 Å². The topological polar surface area (TPSA) is 126 Å². The molecule has 1 aliphatic rings. The van der Waals surface area contributed by atoms with Crippen molar-refractivity contribution in [2.75, 3.05) is 5.32 Å². The molecule has 0 radical (unpaired) electrons. The molecule has 1 fully saturated rings. The lowest BCUT2D eigenvalue weighted by molar-refractivity contribution is 0.0371. The number of aromatic amines is 1. The number of H-pyrrole nitrogens is 1. The number of ether oxygens (including phenoxy) is 1. The van der Waals surface area contributed by atoms with Crippen LogP contribution in [0.25, 0.3) is 21.8 Å². The monoisotopic (exact) mass is 470 g/mol. The first-order valence-electron chi connectivity index (χ1n) is 11.8. The van der Waals surface area contributed by atoms with E-state index in [2.05, 4.69) is 21.4 Å². The average molecular weight is 471 g/mol. The van der Waals surface area contributed by atoms with Crippen molar-refractivity contribution in [3.63, 3.8) is 0 Å². The van der Waals surface area contributed by atoms with E-state index in [4.69, 9.17) is 9.84 Å². The van der Waals surface area contributed by atoms with E-state index in [0.717, 1.165) is 36.8 Å². The lowest BCUT2D eigenvalue weighted by Gasteiger charge is -2.27. The lowest BCUT2D eigenvalue weighted by Crippen LogP contribution is -2.23. The number of nitriles is 1. The van der Waals surface area contributed by atoms with Gasteiger partial charge >= 0.3 is 5.97 Å². The summed E-state index contributed by atoms with van der Waals surface area (Å²) >= 11 is 0. The number of hydrogen-bond acceptors (Lipinski definition) is 7. The minimum absolute atomic E-state index is 0.0709. The molecule has 35 heavy (non-hydrogen) atoms. The Morgan fingerprint density at radius 3 is 2.86 bits per heavy atom. The van der Waals surface area contributed by atoms with Crippen molar-refractivity contribution < 1.29 is 9.53 Å². The summed E-state index contributed by atoms with van der Waals surface area (Å²) in [5.41, 5.74) is 2.10. The van der Waals surface area contributed by atoms with Crippen LogP contribution in [0.1, 0.15) is 56.1 Å². The first-order chi connectivity index (χ1) is 16.9. The molecular weight excluding hydrogens is 444 g/mol. The summed E-state index contributed by atoms with van der Waals surface area (Å²) in [5.74, 6) is -0.158. The average Bonchev–Trinajstić information content (AvgIpc) is 3.22. The molecule has 0 spiro atoms. The van der Waals surface area contributed by atoms with Crippen molar-refractivity contribution in [1.29, 1.82) is 5.26 Å². The number of rotatable bonds is 5. The Bertz CT molecular complexity index is 1510. The third-order valence-electron chi connectivity index (χ3n) is 6.34. The molecule has 1 unspecified atom stereocenters. The summed E-state index contributed by atoms with van der Waals surface area (Å²) < 4.78 is 7.07. The van der Waals surface area contributed by atoms with Gasteiger partial charge < -0.3 is 15.0 Å². The molecular formula is C26H26N6O3. The number of nitrogens with one attached hydrogen (secondary N) is 2. The van der Waals surface area contributed by atoms with E-state index in [0.29, 0.717) is 22.2 Å². The molecule has 9 heteroatoms. The first-order valence-corrected chi connectivity index (χ1v) is 11.8. The summed E-state index contributed by atoms with van der Waals surface area (Å²) in [6.45, 7) is 3.59. The smallest absolute Gasteiger partial charge is 0.357 e. The molecule has 9 nitrogen and oxygen atoms in total. The Morgan fingerprint density at radius 1 is 1.23 bits per heavy atom. The van der Waals surface area contributed by atoms with Crippen molar-refractivity contribution in [2.45, 2.75) is 51.7 Å². The van der Waals surface area contributed by atoms with Crippen molar-refractivity contribution >= 4 is 39.3 Å². The van der Waals surface area contributed by atoms with Crippen LogP contribution in [0.5, 0.6) is 0 Å². The highest BCUT2D eigenvalue weighted by Crippen LogP contribution is 2.36. The van der Waals surface area contributed by atoms with Gasteiger partial charge in [0.2, 0.25) is 0 Å². The van der Waals surface area contributed by atoms with Crippen molar-refractivity contribution in [3.8, 4) is 6.07 Å². The van der Waals surface area contributed by atoms with Crippen LogP contribution in [-0.2, 0) is 4.74 Å². The van der Waals surface area contributed by atoms with Gasteiger partial charge in [-0.15, -0.1) is 0 Å². The van der Waals surface area contributed by atoms with Gasteiger partial charge in [0.25, 0.3) is 5.56 Å². The zero-order valence-corrected chi connectivity index (χ0v) is 19.6. The lowest BCUT2D eigenvalue weighted by atomic mass is 9.85. The molecule has 2 N–H and O–H groups in total. The number of hydrogen-bond donors (Lipinski definition) is 2. The zero-order chi connectivity index (χ0) is 24.5. The summed E-state index contributed by atoms with van der Waals surface area (Å²) in [4.78, 5) is 32.1. The molecule has 178 valence electrons. The molecule has 0 amide bonds. The standard InChI is InChI=1S/C26H26N6O3/c1-15(2)35-26(34)20-9-7-16-13-18(8-10-19(16)30-20)29-24-23-22(11-12-28-25(23)33)32(31-24)21-6-4-3-5-17(21)14-27/h7-13,15,17,21H,3-6H2,1-2H3,(H,28,33)(H,29,31)/t17?,21-/m0/s1. The van der Waals surface area contributed by atoms with Gasteiger partial charge in [-0.25, -0.2) is 9.78 Å². The SMILES string of the molecule is CC(C)OC(=O)c1ccc2cc(Nc3nn([C@H]4CCCCC4C#N)c4cc[nH]c(=O)c34)ccc2n1. The Hall–Kier alpha value is -4.19. The number of fused-ring (bicyclic) bond motifs is 2. The van der Waals surface area contributed by atoms with Gasteiger partial charge in [0, 0.05) is 17.3 Å². The Balaban J connectivity index is 1.50. The Kier molecular flexibility index (Phi) is 5.95. The fourth-order valence-electron chi connectivity index (χ4n) is 4.72. The molecule has 4 aromatic rings. The van der Waals surface area contributed by atoms with Gasteiger partial charge in [-0.05, 0) is 57.0 Å². The molecule has 0 aliphatic heterocycles. The normalized spacial score (nSPS) is 18.0. The van der Waals surface area contributed by atoms with Gasteiger partial charge in [-0.1, -0.05) is 18.9 Å². The second-order valence-corrected chi connectivity index (χ2v) is 9.13. The fourth-order valence-corrected chi connectivity index (χ4v) is 4.72. The fraction of sp³-hybridized carbons (Fsp3) is 0.346. The van der Waals surface area contributed by atoms with Crippen LogP contribution in [0.2, 0.25) is 0 Å². The maximum atomic E-state index is 12.8. The van der Waals surface area contributed by atoms with E-state index in [9.17, 15) is 14.9 Å². The third-order valence-corrected chi connectivity index (χ3v) is 6.34. The molecule has 1 saturated carbocycles. The predicted octanol–water partition coefficient (Wildman–Crippen LogP) is 4.84. The summed E-state index contributed by atoms with van der Waals surface area (Å²) in [7, 11) is 0. The molecule has 1 aromatic carbocycles. The third kappa shape index (κ3) is 4.35. The second kappa shape index (κ2) is 9.22. The quantitative estimate of drug-likeness (QED) is 0.400. The molecule has 1 aliphatic carbocycles. The molecule has 2 atom stereocenters. The number of pyridine rings is 2. The van der Waals surface area contributed by atoms with Crippen LogP contribution in [-0.4, -0.2) is 31.8 Å². The highest BCUT2D eigenvalue weighted by Gasteiger charge is 2.29. The number of anilines is 2. The number of benzene rings is 1. The Labute approximate surface area is 201 Å². The van der Waals surface area contributed by atoms with Crippen LogP contribution >= 0.6 is 0 Å². The van der Waals surface area contributed by atoms with E-state index >= 15 is 0 Å². The number of carbonyl (C=O) groups is 1. The van der Waals surface area contributed by atoms with Crippen molar-refractivity contribution in [3.05, 3.63) is 58.6 Å². The minimum Gasteiger partial charge on any atom is -0.458 e. The van der Waals surface area contributed by atoms with Crippen LogP contribution in [0.15, 0.2) is 47.4 Å². The molecule has 3 aromatic heterocycles. The van der Waals surface area contributed by atoms with Crippen LogP contribution < -0.4 is 10.9 Å². The van der Waals surface area contributed by atoms with E-state index < -0.39 is 5.97 Å². The highest BCUT2D eigenvalue weighted by atomic mass is 16.5. The predicted molar refractivity (Wildman–Crippen MR) is 133 cm³/mol. The maximum Gasteiger partial charge on any atom is 0.357 e. The van der Waals surface area contributed by atoms with E-state index in [1.807, 2.05) is 28.9 Å². The van der Waals surface area contributed by atoms with Crippen molar-refractivity contribution in [2.24, 2.45) is 5.92 Å². The number of aromatic nitrogens is 4. The number of carbonyl (C=O) groups excluding carboxylic acids is 1. The first kappa shape index (κ1) is 22.6. The molecule has 0 bridgehead atoms. The highest BCUT2D eigenvalue weighted by molar-refractivity contribution is 5.94. The van der Waals surface area contributed by atoms with Gasteiger partial charge in [-0.3, -0.25) is 9.48 Å². The van der Waals surface area contributed by atoms with Crippen LogP contribution in [0, 0.1) is 17.2 Å². The molecule has 0 saturated heterocycles. The van der Waals surface area contributed by atoms with E-state index in [1.165, 1.54) is 0 Å². The zero-order valence-electron chi connectivity index (χ0n) is 19.6. The summed E-state index contributed by atoms with van der Waals surface area (Å²) in [6.07, 6.45) is 5.13. The van der Waals surface area contributed by atoms with E-state index in [-0.39, 0.29) is 29.3 Å². The molecule has 5 rings (SSSR count). The number of esters is 1. The minimum atomic E-state index is -0.460. The van der Waals surface area contributed by atoms with Gasteiger partial charge in [0.15, 0.2) is 5.82 Å². The maximum absolute atomic E-state index is 12.8. The Morgan fingerprint density at radius 2 is 2.06 bits per heavy atom. The molecule has 3 heterocycles. The summed E-state index contributed by atoms with van der Waals surface area (Å²) in [5, 5.41) is 19.0. The second-order valence-electron chi connectivity index (χ2n) is 9.13. The van der Waals surface area contributed by atoms with E-state index in [1.54, 1.807) is 32.2 Å². The van der Waals surface area contributed by atoms with Crippen LogP contribution in [0.3, 0.4) is 0 Å². The van der Waals surface area contributed by atoms with Gasteiger partial charge in [0.05, 0.1) is 35.2 Å². The largest absolute Gasteiger partial charge is 0.458 e.